The third kappa shape index (κ3) is 1.93. The van der Waals surface area contributed by atoms with Crippen LogP contribution in [0.1, 0.15) is 6.42 Å². The molecule has 1 rings (SSSR count). The number of ether oxygens (including phenoxy) is 1. The van der Waals surface area contributed by atoms with Gasteiger partial charge in [0.25, 0.3) is 0 Å². The van der Waals surface area contributed by atoms with Crippen LogP contribution in [0.3, 0.4) is 0 Å². The Balaban J connectivity index is 2.64. The Hall–Kier alpha value is -0.780. The second-order valence-corrected chi connectivity index (χ2v) is 2.95. The van der Waals surface area contributed by atoms with Crippen LogP contribution in [0, 0.1) is 5.92 Å². The highest BCUT2D eigenvalue weighted by atomic mass is 19.3. The fourth-order valence-corrected chi connectivity index (χ4v) is 1.20. The molecule has 0 saturated carbocycles. The zero-order valence-corrected chi connectivity index (χ0v) is 6.67. The molecular formula is C7H9F3O3. The van der Waals surface area contributed by atoms with Crippen LogP contribution in [-0.4, -0.2) is 36.4 Å². The fraction of sp³-hybridized carbons (Fsp3) is 0.857. The lowest BCUT2D eigenvalue weighted by Crippen LogP contribution is -2.43. The second-order valence-electron chi connectivity index (χ2n) is 2.95. The number of hydrogen-bond acceptors (Lipinski definition) is 2. The molecule has 0 radical (unpaired) electrons. The van der Waals surface area contributed by atoms with Gasteiger partial charge in [0.1, 0.15) is 0 Å². The van der Waals surface area contributed by atoms with Crippen molar-refractivity contribution >= 4 is 5.97 Å². The van der Waals surface area contributed by atoms with E-state index in [0.717, 1.165) is 0 Å². The molecule has 3 nitrogen and oxygen atoms in total. The van der Waals surface area contributed by atoms with E-state index >= 15 is 0 Å². The van der Waals surface area contributed by atoms with Crippen molar-refractivity contribution in [1.29, 1.82) is 0 Å². The predicted octanol–water partition coefficient (Wildman–Crippen LogP) is 1.08. The van der Waals surface area contributed by atoms with Crippen molar-refractivity contribution < 1.29 is 27.8 Å². The normalized spacial score (nSPS) is 25.9. The van der Waals surface area contributed by atoms with E-state index in [9.17, 15) is 18.0 Å². The Morgan fingerprint density at radius 2 is 2.23 bits per heavy atom. The first-order valence-electron chi connectivity index (χ1n) is 3.79. The topological polar surface area (TPSA) is 46.5 Å². The van der Waals surface area contributed by atoms with Gasteiger partial charge in [0.15, 0.2) is 6.17 Å². The lowest BCUT2D eigenvalue weighted by Gasteiger charge is -2.20. The lowest BCUT2D eigenvalue weighted by molar-refractivity contribution is -0.178. The summed E-state index contributed by atoms with van der Waals surface area (Å²) in [5, 5.41) is 8.04. The van der Waals surface area contributed by atoms with Gasteiger partial charge in [-0.15, -0.1) is 0 Å². The van der Waals surface area contributed by atoms with Gasteiger partial charge in [-0.05, 0) is 6.42 Å². The highest BCUT2D eigenvalue weighted by Crippen LogP contribution is 2.31. The summed E-state index contributed by atoms with van der Waals surface area (Å²) in [7, 11) is 0. The molecule has 0 aromatic carbocycles. The number of alkyl halides is 3. The first-order chi connectivity index (χ1) is 5.96. The molecule has 1 N–H and O–H groups in total. The average Bonchev–Trinajstić information content (AvgIpc) is 2.54. The number of halogens is 3. The molecule has 13 heavy (non-hydrogen) atoms. The Bertz CT molecular complexity index is 201. The van der Waals surface area contributed by atoms with Crippen LogP contribution in [-0.2, 0) is 9.53 Å². The first-order valence-corrected chi connectivity index (χ1v) is 3.79. The molecule has 0 spiro atoms. The van der Waals surface area contributed by atoms with E-state index in [1.807, 2.05) is 0 Å². The number of hydrogen-bond donors (Lipinski definition) is 1. The van der Waals surface area contributed by atoms with Crippen molar-refractivity contribution in [1.82, 2.24) is 0 Å². The van der Waals surface area contributed by atoms with Crippen molar-refractivity contribution in [2.75, 3.05) is 13.2 Å². The molecule has 0 aliphatic carbocycles. The Morgan fingerprint density at radius 1 is 1.62 bits per heavy atom. The van der Waals surface area contributed by atoms with E-state index in [1.54, 1.807) is 0 Å². The van der Waals surface area contributed by atoms with E-state index in [2.05, 4.69) is 4.74 Å². The SMILES string of the molecule is O=C(O)C(F)(F)C(F)C1CCOC1. The third-order valence-electron chi connectivity index (χ3n) is 2.01. The smallest absolute Gasteiger partial charge is 0.377 e. The molecule has 0 aromatic rings. The number of aliphatic carboxylic acids is 1. The summed E-state index contributed by atoms with van der Waals surface area (Å²) >= 11 is 0. The number of carbonyl (C=O) groups is 1. The van der Waals surface area contributed by atoms with Crippen molar-refractivity contribution in [2.24, 2.45) is 5.92 Å². The van der Waals surface area contributed by atoms with Gasteiger partial charge >= 0.3 is 11.9 Å². The summed E-state index contributed by atoms with van der Waals surface area (Å²) in [5.74, 6) is -7.74. The Labute approximate surface area is 72.5 Å². The minimum atomic E-state index is -4.31. The van der Waals surface area contributed by atoms with Gasteiger partial charge in [-0.2, -0.15) is 8.78 Å². The summed E-state index contributed by atoms with van der Waals surface area (Å²) < 4.78 is 42.7. The summed E-state index contributed by atoms with van der Waals surface area (Å²) in [6, 6.07) is 0. The quantitative estimate of drug-likeness (QED) is 0.738. The van der Waals surface area contributed by atoms with E-state index in [0.29, 0.717) is 0 Å². The van der Waals surface area contributed by atoms with E-state index in [4.69, 9.17) is 5.11 Å². The summed E-state index contributed by atoms with van der Waals surface area (Å²) in [5.41, 5.74) is 0. The minimum Gasteiger partial charge on any atom is -0.477 e. The highest BCUT2D eigenvalue weighted by Gasteiger charge is 2.52. The van der Waals surface area contributed by atoms with Crippen LogP contribution in [0.15, 0.2) is 0 Å². The molecule has 1 aliphatic rings. The number of rotatable bonds is 3. The van der Waals surface area contributed by atoms with Crippen LogP contribution in [0.25, 0.3) is 0 Å². The number of carboxylic acid groups (broad SMARTS) is 1. The van der Waals surface area contributed by atoms with Gasteiger partial charge in [0.2, 0.25) is 0 Å². The van der Waals surface area contributed by atoms with E-state index < -0.39 is 24.0 Å². The molecule has 1 aliphatic heterocycles. The molecule has 0 bridgehead atoms. The van der Waals surface area contributed by atoms with Crippen molar-refractivity contribution in [2.45, 2.75) is 18.5 Å². The van der Waals surface area contributed by atoms with Gasteiger partial charge in [-0.3, -0.25) is 0 Å². The van der Waals surface area contributed by atoms with Crippen molar-refractivity contribution in [3.63, 3.8) is 0 Å². The Morgan fingerprint density at radius 3 is 2.62 bits per heavy atom. The molecule has 0 aromatic heterocycles. The largest absolute Gasteiger partial charge is 0.477 e. The highest BCUT2D eigenvalue weighted by molar-refractivity contribution is 5.76. The minimum absolute atomic E-state index is 0.135. The van der Waals surface area contributed by atoms with Gasteiger partial charge in [0.05, 0.1) is 6.61 Å². The molecule has 2 atom stereocenters. The standard InChI is InChI=1S/C7H9F3O3/c8-5(4-1-2-13-3-4)7(9,10)6(11)12/h4-5H,1-3H2,(H,11,12). The van der Waals surface area contributed by atoms with E-state index in [1.165, 1.54) is 0 Å². The molecule has 6 heteroatoms. The summed E-state index contributed by atoms with van der Waals surface area (Å²) in [6.45, 7) is 0.0742. The van der Waals surface area contributed by atoms with Gasteiger partial charge in [-0.25, -0.2) is 9.18 Å². The van der Waals surface area contributed by atoms with Crippen LogP contribution in [0.4, 0.5) is 13.2 Å². The zero-order chi connectivity index (χ0) is 10.1. The van der Waals surface area contributed by atoms with Crippen LogP contribution in [0.5, 0.6) is 0 Å². The van der Waals surface area contributed by atoms with Crippen molar-refractivity contribution in [3.8, 4) is 0 Å². The lowest BCUT2D eigenvalue weighted by atomic mass is 9.98. The van der Waals surface area contributed by atoms with Gasteiger partial charge in [-0.1, -0.05) is 0 Å². The molecule has 76 valence electrons. The van der Waals surface area contributed by atoms with Crippen molar-refractivity contribution in [3.05, 3.63) is 0 Å². The van der Waals surface area contributed by atoms with Crippen LogP contribution < -0.4 is 0 Å². The predicted molar refractivity (Wildman–Crippen MR) is 36.4 cm³/mol. The maximum absolute atomic E-state index is 12.9. The maximum Gasteiger partial charge on any atom is 0.377 e. The summed E-state index contributed by atoms with van der Waals surface area (Å²) in [6.07, 6.45) is -2.52. The van der Waals surface area contributed by atoms with Gasteiger partial charge in [0, 0.05) is 12.5 Å². The van der Waals surface area contributed by atoms with Crippen LogP contribution in [0.2, 0.25) is 0 Å². The summed E-state index contributed by atoms with van der Waals surface area (Å²) in [4.78, 5) is 9.99. The monoisotopic (exact) mass is 198 g/mol. The maximum atomic E-state index is 12.9. The first kappa shape index (κ1) is 10.3. The molecule has 1 saturated heterocycles. The zero-order valence-electron chi connectivity index (χ0n) is 6.67. The molecule has 1 fully saturated rings. The Kier molecular flexibility index (Phi) is 2.80. The third-order valence-corrected chi connectivity index (χ3v) is 2.01. The van der Waals surface area contributed by atoms with Crippen LogP contribution >= 0.6 is 0 Å². The fourth-order valence-electron chi connectivity index (χ4n) is 1.20. The molecule has 1 heterocycles. The second kappa shape index (κ2) is 3.53. The average molecular weight is 198 g/mol. The molecule has 2 unspecified atom stereocenters. The van der Waals surface area contributed by atoms with E-state index in [-0.39, 0.29) is 19.6 Å². The number of carboxylic acids is 1. The molecule has 0 amide bonds. The molecular weight excluding hydrogens is 189 g/mol. The van der Waals surface area contributed by atoms with Gasteiger partial charge < -0.3 is 9.84 Å².